The first-order valence-corrected chi connectivity index (χ1v) is 9.06. The van der Waals surface area contributed by atoms with Crippen LogP contribution in [0, 0.1) is 5.41 Å². The van der Waals surface area contributed by atoms with Gasteiger partial charge in [-0.1, -0.05) is 13.3 Å². The maximum absolute atomic E-state index is 13.1. The quantitative estimate of drug-likeness (QED) is 0.775. The maximum Gasteiger partial charge on any atom is 0.329 e. The van der Waals surface area contributed by atoms with Crippen molar-refractivity contribution in [3.05, 3.63) is 0 Å². The lowest BCUT2D eigenvalue weighted by Crippen LogP contribution is -2.56. The van der Waals surface area contributed by atoms with Crippen molar-refractivity contribution in [1.82, 2.24) is 10.2 Å². The number of hydrogen-bond acceptors (Lipinski definition) is 5. The van der Waals surface area contributed by atoms with Crippen LogP contribution in [-0.4, -0.2) is 60.6 Å². The summed E-state index contributed by atoms with van der Waals surface area (Å²) in [5, 5.41) is 3.32. The summed E-state index contributed by atoms with van der Waals surface area (Å²) >= 11 is 1.72. The number of carbonyl (C=O) groups is 2. The van der Waals surface area contributed by atoms with Crippen molar-refractivity contribution >= 4 is 23.6 Å². The van der Waals surface area contributed by atoms with Gasteiger partial charge in [0.1, 0.15) is 6.04 Å². The third-order valence-electron chi connectivity index (χ3n) is 4.37. The van der Waals surface area contributed by atoms with Crippen molar-refractivity contribution in [2.45, 2.75) is 39.2 Å². The molecule has 0 aromatic carbocycles. The molecule has 0 aromatic heterocycles. The summed E-state index contributed by atoms with van der Waals surface area (Å²) in [6.07, 6.45) is 2.75. The van der Waals surface area contributed by atoms with Crippen LogP contribution >= 0.6 is 11.8 Å². The third-order valence-corrected chi connectivity index (χ3v) is 5.40. The van der Waals surface area contributed by atoms with Gasteiger partial charge in [-0.15, -0.1) is 0 Å². The van der Waals surface area contributed by atoms with Crippen molar-refractivity contribution in [2.75, 3.05) is 37.7 Å². The predicted molar refractivity (Wildman–Crippen MR) is 84.3 cm³/mol. The van der Waals surface area contributed by atoms with Crippen LogP contribution in [0.15, 0.2) is 0 Å². The number of amides is 1. The molecule has 0 spiro atoms. The molecule has 21 heavy (non-hydrogen) atoms. The Balaban J connectivity index is 2.15. The highest BCUT2D eigenvalue weighted by atomic mass is 32.2. The molecule has 0 aromatic rings. The van der Waals surface area contributed by atoms with Crippen LogP contribution in [0.5, 0.6) is 0 Å². The molecule has 0 radical (unpaired) electrons. The van der Waals surface area contributed by atoms with Crippen LogP contribution in [0.4, 0.5) is 0 Å². The van der Waals surface area contributed by atoms with Gasteiger partial charge >= 0.3 is 5.97 Å². The molecule has 2 rings (SSSR count). The molecule has 2 heterocycles. The van der Waals surface area contributed by atoms with Crippen LogP contribution in [-0.2, 0) is 14.3 Å². The lowest BCUT2D eigenvalue weighted by molar-refractivity contribution is -0.157. The predicted octanol–water partition coefficient (Wildman–Crippen LogP) is 1.27. The average Bonchev–Trinajstić information content (AvgIpc) is 2.97. The molecule has 2 saturated heterocycles. The Labute approximate surface area is 131 Å². The number of rotatable bonds is 5. The van der Waals surface area contributed by atoms with E-state index in [-0.39, 0.29) is 17.3 Å². The summed E-state index contributed by atoms with van der Waals surface area (Å²) in [6, 6.07) is -0.412. The Morgan fingerprint density at radius 3 is 2.86 bits per heavy atom. The van der Waals surface area contributed by atoms with Crippen LogP contribution in [0.3, 0.4) is 0 Å². The highest BCUT2D eigenvalue weighted by Gasteiger charge is 2.46. The van der Waals surface area contributed by atoms with Gasteiger partial charge in [-0.05, 0) is 26.3 Å². The largest absolute Gasteiger partial charge is 0.464 e. The molecule has 0 bridgehead atoms. The van der Waals surface area contributed by atoms with Crippen molar-refractivity contribution < 1.29 is 14.3 Å². The molecule has 6 heteroatoms. The number of esters is 1. The van der Waals surface area contributed by atoms with Crippen molar-refractivity contribution in [2.24, 2.45) is 5.41 Å². The highest BCUT2D eigenvalue weighted by molar-refractivity contribution is 7.99. The Bertz CT molecular complexity index is 383. The standard InChI is InChI=1S/C15H26N2O3S/c1-3-5-15(6-7-16-11-15)14(19)17-8-9-21-10-12(17)13(18)20-4-2/h12,16H,3-11H2,1-2H3. The zero-order valence-corrected chi connectivity index (χ0v) is 13.8. The van der Waals surface area contributed by atoms with Gasteiger partial charge in [-0.2, -0.15) is 11.8 Å². The first-order valence-electron chi connectivity index (χ1n) is 7.91. The average molecular weight is 314 g/mol. The van der Waals surface area contributed by atoms with Gasteiger partial charge in [-0.3, -0.25) is 4.79 Å². The molecular formula is C15H26N2O3S. The molecule has 2 fully saturated rings. The number of hydrogen-bond donors (Lipinski definition) is 1. The fraction of sp³-hybridized carbons (Fsp3) is 0.867. The first-order chi connectivity index (χ1) is 10.1. The van der Waals surface area contributed by atoms with Gasteiger partial charge in [0.25, 0.3) is 0 Å². The van der Waals surface area contributed by atoms with E-state index < -0.39 is 6.04 Å². The molecule has 1 amide bonds. The van der Waals surface area contributed by atoms with E-state index in [0.717, 1.165) is 38.1 Å². The van der Waals surface area contributed by atoms with Gasteiger partial charge in [0, 0.05) is 24.6 Å². The van der Waals surface area contributed by atoms with Crippen molar-refractivity contribution in [3.63, 3.8) is 0 Å². The molecular weight excluding hydrogens is 288 g/mol. The summed E-state index contributed by atoms with van der Waals surface area (Å²) in [5.41, 5.74) is -0.318. The molecule has 0 aliphatic carbocycles. The number of nitrogens with zero attached hydrogens (tertiary/aromatic N) is 1. The smallest absolute Gasteiger partial charge is 0.329 e. The van der Waals surface area contributed by atoms with Crippen molar-refractivity contribution in [3.8, 4) is 0 Å². The fourth-order valence-corrected chi connectivity index (χ4v) is 4.34. The highest BCUT2D eigenvalue weighted by Crippen LogP contribution is 2.35. The summed E-state index contributed by atoms with van der Waals surface area (Å²) in [7, 11) is 0. The molecule has 0 saturated carbocycles. The van der Waals surface area contributed by atoms with E-state index >= 15 is 0 Å². The molecule has 5 nitrogen and oxygen atoms in total. The van der Waals surface area contributed by atoms with Crippen molar-refractivity contribution in [1.29, 1.82) is 0 Å². The second-order valence-corrected chi connectivity index (χ2v) is 6.95. The minimum absolute atomic E-state index is 0.146. The lowest BCUT2D eigenvalue weighted by Gasteiger charge is -2.39. The zero-order chi connectivity index (χ0) is 15.3. The van der Waals surface area contributed by atoms with Gasteiger partial charge in [0.05, 0.1) is 12.0 Å². The summed E-state index contributed by atoms with van der Waals surface area (Å²) in [6.45, 7) is 6.56. The van der Waals surface area contributed by atoms with Gasteiger partial charge in [-0.25, -0.2) is 4.79 Å². The number of thioether (sulfide) groups is 1. The first kappa shape index (κ1) is 16.6. The van der Waals surface area contributed by atoms with E-state index in [2.05, 4.69) is 12.2 Å². The molecule has 1 N–H and O–H groups in total. The maximum atomic E-state index is 13.1. The number of nitrogens with one attached hydrogen (secondary N) is 1. The van der Waals surface area contributed by atoms with Gasteiger partial charge in [0.2, 0.25) is 5.91 Å². The van der Waals surface area contributed by atoms with Crippen LogP contribution < -0.4 is 5.32 Å². The SMILES string of the molecule is CCCC1(C(=O)N2CCSCC2C(=O)OCC)CCNC1. The summed E-state index contributed by atoms with van der Waals surface area (Å²) in [5.74, 6) is 1.45. The van der Waals surface area contributed by atoms with E-state index in [1.54, 1.807) is 23.6 Å². The normalized spacial score (nSPS) is 29.4. The van der Waals surface area contributed by atoms with E-state index in [4.69, 9.17) is 4.74 Å². The van der Waals surface area contributed by atoms with Crippen LogP contribution in [0.1, 0.15) is 33.1 Å². The minimum atomic E-state index is -0.412. The molecule has 120 valence electrons. The molecule has 2 aliphatic heterocycles. The van der Waals surface area contributed by atoms with E-state index in [9.17, 15) is 9.59 Å². The Morgan fingerprint density at radius 2 is 2.24 bits per heavy atom. The van der Waals surface area contributed by atoms with Gasteiger partial charge < -0.3 is 15.0 Å². The monoisotopic (exact) mass is 314 g/mol. The minimum Gasteiger partial charge on any atom is -0.464 e. The van der Waals surface area contributed by atoms with E-state index in [1.165, 1.54) is 0 Å². The second kappa shape index (κ2) is 7.49. The third kappa shape index (κ3) is 3.54. The van der Waals surface area contributed by atoms with E-state index in [0.29, 0.717) is 18.9 Å². The molecule has 2 unspecified atom stereocenters. The second-order valence-electron chi connectivity index (χ2n) is 5.80. The van der Waals surface area contributed by atoms with Crippen LogP contribution in [0.2, 0.25) is 0 Å². The summed E-state index contributed by atoms with van der Waals surface area (Å²) < 4.78 is 5.16. The van der Waals surface area contributed by atoms with E-state index in [1.807, 2.05) is 0 Å². The lowest BCUT2D eigenvalue weighted by atomic mass is 9.80. The molecule has 2 aliphatic rings. The Kier molecular flexibility index (Phi) is 5.93. The Morgan fingerprint density at radius 1 is 1.43 bits per heavy atom. The molecule has 2 atom stereocenters. The Hall–Kier alpha value is -0.750. The van der Waals surface area contributed by atoms with Gasteiger partial charge in [0.15, 0.2) is 0 Å². The number of ether oxygens (including phenoxy) is 1. The fourth-order valence-electron chi connectivity index (χ4n) is 3.31. The zero-order valence-electron chi connectivity index (χ0n) is 13.0. The van der Waals surface area contributed by atoms with Crippen LogP contribution in [0.25, 0.3) is 0 Å². The summed E-state index contributed by atoms with van der Waals surface area (Å²) in [4.78, 5) is 27.0. The number of carbonyl (C=O) groups excluding carboxylic acids is 2. The topological polar surface area (TPSA) is 58.6 Å².